The van der Waals surface area contributed by atoms with Crippen molar-refractivity contribution in [1.82, 2.24) is 5.32 Å². The molecule has 0 amide bonds. The summed E-state index contributed by atoms with van der Waals surface area (Å²) < 4.78 is 0. The predicted octanol–water partition coefficient (Wildman–Crippen LogP) is 1.65. The molecule has 0 aromatic carbocycles. The van der Waals surface area contributed by atoms with Gasteiger partial charge in [0.05, 0.1) is 5.37 Å². The van der Waals surface area contributed by atoms with Gasteiger partial charge >= 0.3 is 0 Å². The van der Waals surface area contributed by atoms with Crippen LogP contribution in [-0.2, 0) is 0 Å². The van der Waals surface area contributed by atoms with E-state index in [0.717, 1.165) is 6.04 Å². The minimum Gasteiger partial charge on any atom is -0.303 e. The molecular weight excluding hydrogens is 130 g/mol. The van der Waals surface area contributed by atoms with E-state index in [9.17, 15) is 0 Å². The molecule has 2 heteroatoms. The molecule has 1 nitrogen and oxygen atoms in total. The van der Waals surface area contributed by atoms with Gasteiger partial charge in [0, 0.05) is 6.04 Å². The Balaban J connectivity index is 2.09. The summed E-state index contributed by atoms with van der Waals surface area (Å²) in [5.74, 6) is 0.647. The zero-order valence-electron chi connectivity index (χ0n) is 6.09. The van der Waals surface area contributed by atoms with Crippen LogP contribution in [0.2, 0.25) is 0 Å². The summed E-state index contributed by atoms with van der Waals surface area (Å²) in [6.07, 6.45) is 2.70. The molecular formula is C7H15NS. The molecule has 0 heterocycles. The van der Waals surface area contributed by atoms with Crippen LogP contribution < -0.4 is 5.32 Å². The van der Waals surface area contributed by atoms with E-state index in [1.54, 1.807) is 0 Å². The zero-order chi connectivity index (χ0) is 6.85. The summed E-state index contributed by atoms with van der Waals surface area (Å²) in [6.45, 7) is 4.38. The Morgan fingerprint density at radius 2 is 2.00 bits per heavy atom. The Labute approximate surface area is 62.6 Å². The van der Waals surface area contributed by atoms with Crippen LogP contribution in [0.1, 0.15) is 26.7 Å². The van der Waals surface area contributed by atoms with Crippen LogP contribution in [0.15, 0.2) is 0 Å². The van der Waals surface area contributed by atoms with Crippen molar-refractivity contribution < 1.29 is 0 Å². The van der Waals surface area contributed by atoms with E-state index in [4.69, 9.17) is 0 Å². The minimum absolute atomic E-state index is 0.400. The molecule has 0 aromatic rings. The van der Waals surface area contributed by atoms with E-state index in [0.29, 0.717) is 11.3 Å². The summed E-state index contributed by atoms with van der Waals surface area (Å²) in [5, 5.41) is 3.82. The number of hydrogen-bond acceptors (Lipinski definition) is 2. The molecule has 0 radical (unpaired) electrons. The van der Waals surface area contributed by atoms with Gasteiger partial charge in [0.1, 0.15) is 0 Å². The van der Waals surface area contributed by atoms with E-state index >= 15 is 0 Å². The van der Waals surface area contributed by atoms with Gasteiger partial charge in [-0.15, -0.1) is 0 Å². The van der Waals surface area contributed by atoms with Crippen molar-refractivity contribution in [2.24, 2.45) is 5.92 Å². The third kappa shape index (κ3) is 2.59. The molecule has 1 aliphatic carbocycles. The number of thiol groups is 1. The second-order valence-electron chi connectivity index (χ2n) is 3.13. The lowest BCUT2D eigenvalue weighted by Crippen LogP contribution is -2.30. The SMILES string of the molecule is CC(C)C(S)NC1CC1. The first-order valence-corrected chi connectivity index (χ1v) is 4.16. The first-order chi connectivity index (χ1) is 4.20. The van der Waals surface area contributed by atoms with Crippen molar-refractivity contribution in [1.29, 1.82) is 0 Å². The first kappa shape index (κ1) is 7.42. The molecule has 1 fully saturated rings. The van der Waals surface area contributed by atoms with E-state index in [1.165, 1.54) is 12.8 Å². The fraction of sp³-hybridized carbons (Fsp3) is 1.00. The second kappa shape index (κ2) is 2.93. The minimum atomic E-state index is 0.400. The molecule has 1 atom stereocenters. The molecule has 1 unspecified atom stereocenters. The molecule has 1 N–H and O–H groups in total. The molecule has 54 valence electrons. The van der Waals surface area contributed by atoms with Crippen molar-refractivity contribution in [3.05, 3.63) is 0 Å². The van der Waals surface area contributed by atoms with Crippen molar-refractivity contribution >= 4 is 12.6 Å². The van der Waals surface area contributed by atoms with Crippen LogP contribution in [0.25, 0.3) is 0 Å². The van der Waals surface area contributed by atoms with Crippen LogP contribution >= 0.6 is 12.6 Å². The van der Waals surface area contributed by atoms with Crippen LogP contribution in [0.4, 0.5) is 0 Å². The molecule has 0 aromatic heterocycles. The van der Waals surface area contributed by atoms with Gasteiger partial charge in [-0.25, -0.2) is 0 Å². The number of rotatable bonds is 3. The molecule has 0 bridgehead atoms. The average Bonchev–Trinajstić information content (AvgIpc) is 2.50. The van der Waals surface area contributed by atoms with Gasteiger partial charge in [-0.1, -0.05) is 13.8 Å². The van der Waals surface area contributed by atoms with Gasteiger partial charge in [0.25, 0.3) is 0 Å². The van der Waals surface area contributed by atoms with E-state index in [2.05, 4.69) is 31.8 Å². The van der Waals surface area contributed by atoms with Crippen LogP contribution in [0, 0.1) is 5.92 Å². The van der Waals surface area contributed by atoms with Gasteiger partial charge in [-0.05, 0) is 18.8 Å². The number of nitrogens with one attached hydrogen (secondary N) is 1. The topological polar surface area (TPSA) is 12.0 Å². The van der Waals surface area contributed by atoms with Crippen LogP contribution in [0.3, 0.4) is 0 Å². The third-order valence-electron chi connectivity index (χ3n) is 1.62. The molecule has 0 aliphatic heterocycles. The quantitative estimate of drug-likeness (QED) is 0.454. The van der Waals surface area contributed by atoms with Crippen molar-refractivity contribution in [3.8, 4) is 0 Å². The normalized spacial score (nSPS) is 22.7. The Bertz CT molecular complexity index is 88.9. The van der Waals surface area contributed by atoms with Gasteiger partial charge in [-0.3, -0.25) is 0 Å². The van der Waals surface area contributed by atoms with Gasteiger partial charge in [0.2, 0.25) is 0 Å². The summed E-state index contributed by atoms with van der Waals surface area (Å²) in [5.41, 5.74) is 0. The predicted molar refractivity (Wildman–Crippen MR) is 43.8 cm³/mol. The molecule has 9 heavy (non-hydrogen) atoms. The highest BCUT2D eigenvalue weighted by atomic mass is 32.1. The Morgan fingerprint density at radius 3 is 2.33 bits per heavy atom. The monoisotopic (exact) mass is 145 g/mol. The highest BCUT2D eigenvalue weighted by Crippen LogP contribution is 2.21. The van der Waals surface area contributed by atoms with Gasteiger partial charge < -0.3 is 5.32 Å². The maximum atomic E-state index is 4.39. The smallest absolute Gasteiger partial charge is 0.0527 e. The average molecular weight is 145 g/mol. The summed E-state index contributed by atoms with van der Waals surface area (Å²) in [6, 6.07) is 0.787. The molecule has 1 saturated carbocycles. The standard InChI is InChI=1S/C7H15NS/c1-5(2)7(9)8-6-3-4-6/h5-9H,3-4H2,1-2H3. The van der Waals surface area contributed by atoms with E-state index < -0.39 is 0 Å². The fourth-order valence-corrected chi connectivity index (χ4v) is 0.895. The Kier molecular flexibility index (Phi) is 2.42. The summed E-state index contributed by atoms with van der Waals surface area (Å²) in [7, 11) is 0. The van der Waals surface area contributed by atoms with E-state index in [1.807, 2.05) is 0 Å². The Hall–Kier alpha value is 0.310. The summed E-state index contributed by atoms with van der Waals surface area (Å²) >= 11 is 4.39. The lowest BCUT2D eigenvalue weighted by molar-refractivity contribution is 0.514. The lowest BCUT2D eigenvalue weighted by Gasteiger charge is -2.15. The van der Waals surface area contributed by atoms with Crippen molar-refractivity contribution in [3.63, 3.8) is 0 Å². The second-order valence-corrected chi connectivity index (χ2v) is 3.69. The fourth-order valence-electron chi connectivity index (χ4n) is 0.684. The van der Waals surface area contributed by atoms with Crippen LogP contribution in [0.5, 0.6) is 0 Å². The molecule has 1 rings (SSSR count). The van der Waals surface area contributed by atoms with Crippen molar-refractivity contribution in [2.45, 2.75) is 38.1 Å². The molecule has 0 saturated heterocycles. The third-order valence-corrected chi connectivity index (χ3v) is 2.36. The van der Waals surface area contributed by atoms with Gasteiger partial charge in [-0.2, -0.15) is 12.6 Å². The number of hydrogen-bond donors (Lipinski definition) is 2. The Morgan fingerprint density at radius 1 is 1.44 bits per heavy atom. The lowest BCUT2D eigenvalue weighted by atomic mass is 10.2. The highest BCUT2D eigenvalue weighted by Gasteiger charge is 2.23. The molecule has 1 aliphatic rings. The zero-order valence-corrected chi connectivity index (χ0v) is 6.99. The maximum absolute atomic E-state index is 4.39. The van der Waals surface area contributed by atoms with E-state index in [-0.39, 0.29) is 0 Å². The maximum Gasteiger partial charge on any atom is 0.0527 e. The van der Waals surface area contributed by atoms with Crippen molar-refractivity contribution in [2.75, 3.05) is 0 Å². The summed E-state index contributed by atoms with van der Waals surface area (Å²) in [4.78, 5) is 0. The highest BCUT2D eigenvalue weighted by molar-refractivity contribution is 7.80. The largest absolute Gasteiger partial charge is 0.303 e. The molecule has 0 spiro atoms. The van der Waals surface area contributed by atoms with Gasteiger partial charge in [0.15, 0.2) is 0 Å². The first-order valence-electron chi connectivity index (χ1n) is 3.64. The van der Waals surface area contributed by atoms with Crippen LogP contribution in [-0.4, -0.2) is 11.4 Å².